The van der Waals surface area contributed by atoms with Crippen LogP contribution in [0.4, 0.5) is 0 Å². The average Bonchev–Trinajstić information content (AvgIpc) is 3.00. The Morgan fingerprint density at radius 1 is 0.894 bits per heavy atom. The van der Waals surface area contributed by atoms with E-state index in [1.54, 1.807) is 19.2 Å². The number of methoxy groups -OCH3 is 1. The lowest BCUT2D eigenvalue weighted by Crippen LogP contribution is -2.35. The van der Waals surface area contributed by atoms with E-state index in [4.69, 9.17) is 14.6 Å². The van der Waals surface area contributed by atoms with Crippen molar-refractivity contribution in [2.45, 2.75) is 45.4 Å². The molecule has 20 heteroatoms. The summed E-state index contributed by atoms with van der Waals surface area (Å²) in [5.41, 5.74) is 1.20. The number of aromatic carboxylic acids is 1. The van der Waals surface area contributed by atoms with E-state index >= 15 is 0 Å². The average molecular weight is 675 g/mol. The number of carbonyl (C=O) groups is 2. The number of ether oxygens (including phenoxy) is 3. The molecule has 0 aliphatic heterocycles. The molecular weight excluding hydrogens is 636 g/mol. The molecule has 0 amide bonds. The summed E-state index contributed by atoms with van der Waals surface area (Å²) in [7, 11) is 1.70. The zero-order chi connectivity index (χ0) is 35.8. The monoisotopic (exact) mass is 674 g/mol. The van der Waals surface area contributed by atoms with E-state index in [1.165, 1.54) is 24.6 Å². The van der Waals surface area contributed by atoms with Crippen LogP contribution >= 0.6 is 0 Å². The number of aliphatic hydroxyl groups is 1. The van der Waals surface area contributed by atoms with E-state index in [-0.39, 0.29) is 11.3 Å². The first-order valence-electron chi connectivity index (χ1n) is 13.6. The van der Waals surface area contributed by atoms with Crippen molar-refractivity contribution in [3.8, 4) is 11.5 Å². The van der Waals surface area contributed by atoms with Gasteiger partial charge in [0.15, 0.2) is 6.10 Å². The predicted octanol–water partition coefficient (Wildman–Crippen LogP) is 1.90. The van der Waals surface area contributed by atoms with Gasteiger partial charge in [-0.25, -0.2) is 4.79 Å². The minimum atomic E-state index is -1.55. The highest BCUT2D eigenvalue weighted by molar-refractivity contribution is 5.91. The standard InChI is InChI=1S/C15H25NO3.C9H8O4.C3H5N3O9/c1-12(2)16-10-14(17)11-19-15-6-4-13(5-7-15)8-9-18-3;1-6(10)13-8-5-3-2-4-7(8)9(11)12;7-4(8)13-1-3(15-6(11)12)2-14-5(9)10/h4-7,12,14,16-17H,8-11H2,1-3H3;2-5H,1H3,(H,11,12);3H,1-2H2. The highest BCUT2D eigenvalue weighted by Crippen LogP contribution is 2.17. The quantitative estimate of drug-likeness (QED) is 0.0830. The molecule has 0 aromatic heterocycles. The van der Waals surface area contributed by atoms with Crippen molar-refractivity contribution in [3.05, 3.63) is 90.0 Å². The molecule has 262 valence electrons. The Hall–Kier alpha value is -5.34. The Balaban J connectivity index is 0.000000689. The lowest BCUT2D eigenvalue weighted by atomic mass is 10.1. The molecule has 3 N–H and O–H groups in total. The van der Waals surface area contributed by atoms with Gasteiger partial charge >= 0.3 is 11.9 Å². The number of nitrogens with zero attached hydrogens (tertiary/aromatic N) is 3. The summed E-state index contributed by atoms with van der Waals surface area (Å²) < 4.78 is 15.3. The van der Waals surface area contributed by atoms with Crippen molar-refractivity contribution < 1.29 is 63.8 Å². The summed E-state index contributed by atoms with van der Waals surface area (Å²) in [4.78, 5) is 61.7. The second-order valence-electron chi connectivity index (χ2n) is 9.30. The molecule has 1 unspecified atom stereocenters. The number of carbonyl (C=O) groups excluding carboxylic acids is 1. The van der Waals surface area contributed by atoms with E-state index in [1.807, 2.05) is 38.1 Å². The lowest BCUT2D eigenvalue weighted by Gasteiger charge is -2.15. The molecule has 2 aromatic rings. The van der Waals surface area contributed by atoms with E-state index in [0.29, 0.717) is 19.2 Å². The minimum absolute atomic E-state index is 0.0160. The van der Waals surface area contributed by atoms with Gasteiger partial charge in [-0.1, -0.05) is 38.1 Å². The molecule has 1 atom stereocenters. The third kappa shape index (κ3) is 22.8. The SMILES string of the molecule is CC(=O)Oc1ccccc1C(=O)O.COCCc1ccc(OCC(O)CNC(C)C)cc1.O=[N+]([O-])OCC(CO[N+](=O)[O-])O[N+](=O)[O-]. The minimum Gasteiger partial charge on any atom is -0.491 e. The predicted molar refractivity (Wildman–Crippen MR) is 159 cm³/mol. The van der Waals surface area contributed by atoms with E-state index < -0.39 is 52.6 Å². The number of hydrogen-bond donors (Lipinski definition) is 3. The van der Waals surface area contributed by atoms with Gasteiger partial charge in [0, 0.05) is 26.6 Å². The van der Waals surface area contributed by atoms with Crippen LogP contribution in [-0.4, -0.2) is 95.7 Å². The number of hydrogen-bond acceptors (Lipinski definition) is 16. The topological polar surface area (TPSA) is 271 Å². The Morgan fingerprint density at radius 2 is 1.47 bits per heavy atom. The molecule has 0 heterocycles. The number of esters is 1. The normalized spacial score (nSPS) is 10.7. The second-order valence-corrected chi connectivity index (χ2v) is 9.30. The Kier molecular flexibility index (Phi) is 21.2. The van der Waals surface area contributed by atoms with Crippen molar-refractivity contribution in [3.63, 3.8) is 0 Å². The number of rotatable bonds is 19. The van der Waals surface area contributed by atoms with Gasteiger partial charge in [0.05, 0.1) is 6.61 Å². The van der Waals surface area contributed by atoms with E-state index in [0.717, 1.165) is 18.8 Å². The van der Waals surface area contributed by atoms with Crippen LogP contribution in [0.3, 0.4) is 0 Å². The van der Waals surface area contributed by atoms with Gasteiger partial charge in [0.1, 0.15) is 43.0 Å². The molecule has 0 aliphatic carbocycles. The molecule has 0 saturated heterocycles. The van der Waals surface area contributed by atoms with Crippen LogP contribution in [0.1, 0.15) is 36.7 Å². The maximum atomic E-state index is 10.6. The number of benzene rings is 2. The number of aliphatic hydroxyl groups excluding tert-OH is 1. The third-order valence-electron chi connectivity index (χ3n) is 5.06. The number of nitrogens with one attached hydrogen (secondary N) is 1. The smallest absolute Gasteiger partial charge is 0.339 e. The Bertz CT molecular complexity index is 1230. The first-order valence-corrected chi connectivity index (χ1v) is 13.6. The van der Waals surface area contributed by atoms with E-state index in [2.05, 4.69) is 24.6 Å². The summed E-state index contributed by atoms with van der Waals surface area (Å²) in [6, 6.07) is 14.2. The fourth-order valence-corrected chi connectivity index (χ4v) is 3.00. The van der Waals surface area contributed by atoms with Gasteiger partial charge < -0.3 is 44.3 Å². The molecule has 2 rings (SSSR count). The summed E-state index contributed by atoms with van der Waals surface area (Å²) >= 11 is 0. The van der Waals surface area contributed by atoms with Crippen LogP contribution in [0.2, 0.25) is 0 Å². The van der Waals surface area contributed by atoms with E-state index in [9.17, 15) is 45.0 Å². The first kappa shape index (κ1) is 41.7. The Labute approximate surface area is 268 Å². The van der Waals surface area contributed by atoms with Gasteiger partial charge in [-0.05, 0) is 36.2 Å². The largest absolute Gasteiger partial charge is 0.491 e. The molecule has 2 aromatic carbocycles. The van der Waals surface area contributed by atoms with Crippen LogP contribution < -0.4 is 14.8 Å². The maximum absolute atomic E-state index is 10.6. The van der Waals surface area contributed by atoms with Crippen molar-refractivity contribution in [2.24, 2.45) is 0 Å². The second kappa shape index (κ2) is 24.0. The van der Waals surface area contributed by atoms with Crippen LogP contribution in [0.25, 0.3) is 0 Å². The highest BCUT2D eigenvalue weighted by Gasteiger charge is 2.17. The molecule has 0 saturated carbocycles. The van der Waals surface area contributed by atoms with Crippen molar-refractivity contribution in [1.82, 2.24) is 5.32 Å². The van der Waals surface area contributed by atoms with Gasteiger partial charge in [0.2, 0.25) is 0 Å². The van der Waals surface area contributed by atoms with Crippen molar-refractivity contribution >= 4 is 11.9 Å². The molecule has 20 nitrogen and oxygen atoms in total. The molecule has 0 radical (unpaired) electrons. The zero-order valence-corrected chi connectivity index (χ0v) is 26.0. The molecule has 0 spiro atoms. The van der Waals surface area contributed by atoms with Crippen LogP contribution in [0.15, 0.2) is 48.5 Å². The molecule has 47 heavy (non-hydrogen) atoms. The van der Waals surface area contributed by atoms with Gasteiger partial charge in [-0.3, -0.25) is 4.79 Å². The fraction of sp³-hybridized carbons (Fsp3) is 0.481. The van der Waals surface area contributed by atoms with Crippen LogP contribution in [-0.2, 0) is 30.5 Å². The van der Waals surface area contributed by atoms with Crippen LogP contribution in [0.5, 0.6) is 11.5 Å². The molecule has 0 bridgehead atoms. The maximum Gasteiger partial charge on any atom is 0.339 e. The third-order valence-corrected chi connectivity index (χ3v) is 5.06. The fourth-order valence-electron chi connectivity index (χ4n) is 3.00. The summed E-state index contributed by atoms with van der Waals surface area (Å²) in [5.74, 6) is -0.794. The number of para-hydroxylation sites is 1. The first-order chi connectivity index (χ1) is 22.1. The van der Waals surface area contributed by atoms with Gasteiger partial charge in [-0.2, -0.15) is 0 Å². The summed E-state index contributed by atoms with van der Waals surface area (Å²) in [5, 5.41) is 47.1. The van der Waals surface area contributed by atoms with Crippen molar-refractivity contribution in [1.29, 1.82) is 0 Å². The highest BCUT2D eigenvalue weighted by atomic mass is 17.0. The summed E-state index contributed by atoms with van der Waals surface area (Å²) in [6.07, 6.45) is -1.14. The van der Waals surface area contributed by atoms with Gasteiger partial charge in [0.25, 0.3) is 15.3 Å². The summed E-state index contributed by atoms with van der Waals surface area (Å²) in [6.45, 7) is 5.20. The molecular formula is C27H38N4O16. The number of carboxylic acids is 1. The molecule has 0 fully saturated rings. The van der Waals surface area contributed by atoms with Crippen molar-refractivity contribution in [2.75, 3.05) is 40.1 Å². The zero-order valence-electron chi connectivity index (χ0n) is 26.0. The van der Waals surface area contributed by atoms with Crippen LogP contribution in [0, 0.1) is 30.3 Å². The van der Waals surface area contributed by atoms with Gasteiger partial charge in [-0.15, -0.1) is 30.3 Å². The molecule has 0 aliphatic rings. The number of carboxylic acid groups (broad SMARTS) is 1. The Morgan fingerprint density at radius 3 is 1.94 bits per heavy atom. The lowest BCUT2D eigenvalue weighted by molar-refractivity contribution is -0.803.